The van der Waals surface area contributed by atoms with Gasteiger partial charge < -0.3 is 5.32 Å². The Kier molecular flexibility index (Phi) is 4.98. The van der Waals surface area contributed by atoms with Gasteiger partial charge in [0.1, 0.15) is 10.8 Å². The van der Waals surface area contributed by atoms with E-state index in [4.69, 9.17) is 0 Å². The molecule has 0 radical (unpaired) electrons. The summed E-state index contributed by atoms with van der Waals surface area (Å²) in [5, 5.41) is 9.41. The van der Waals surface area contributed by atoms with Crippen LogP contribution in [0.2, 0.25) is 0 Å². The number of nitrogens with zero attached hydrogens (tertiary/aromatic N) is 3. The molecule has 1 N–H and O–H groups in total. The lowest BCUT2D eigenvalue weighted by atomic mass is 10.2. The van der Waals surface area contributed by atoms with Crippen LogP contribution in [0, 0.1) is 5.82 Å². The smallest absolute Gasteiger partial charge is 0.125 e. The van der Waals surface area contributed by atoms with Crippen LogP contribution in [0.15, 0.2) is 36.9 Å². The number of hydrazine groups is 1. The minimum Gasteiger partial charge on any atom is -0.379 e. The molecule has 1 aromatic carbocycles. The van der Waals surface area contributed by atoms with Gasteiger partial charge in [-0.1, -0.05) is 13.0 Å². The summed E-state index contributed by atoms with van der Waals surface area (Å²) in [5.74, 6) is -0.202. The van der Waals surface area contributed by atoms with Crippen LogP contribution in [0.3, 0.4) is 0 Å². The summed E-state index contributed by atoms with van der Waals surface area (Å²) in [6.45, 7) is 11.6. The van der Waals surface area contributed by atoms with Crippen LogP contribution in [-0.2, 0) is 13.0 Å². The number of fused-ring (bicyclic) bond motifs is 2. The van der Waals surface area contributed by atoms with Crippen molar-refractivity contribution in [2.75, 3.05) is 43.0 Å². The van der Waals surface area contributed by atoms with Crippen LogP contribution in [0.25, 0.3) is 0 Å². The van der Waals surface area contributed by atoms with E-state index in [1.54, 1.807) is 12.1 Å². The average Bonchev–Trinajstić information content (AvgIpc) is 3.00. The zero-order valence-corrected chi connectivity index (χ0v) is 16.0. The van der Waals surface area contributed by atoms with Gasteiger partial charge in [-0.05, 0) is 30.7 Å². The SMILES string of the molecule is C=CCN1CCN(N2c3ccc(F)cc3NCc3cc(CC)sc32)CC1. The normalized spacial score (nSPS) is 18.0. The minimum absolute atomic E-state index is 0.202. The fourth-order valence-corrected chi connectivity index (χ4v) is 4.83. The molecular weight excluding hydrogens is 347 g/mol. The predicted octanol–water partition coefficient (Wildman–Crippen LogP) is 4.23. The van der Waals surface area contributed by atoms with Gasteiger partial charge >= 0.3 is 0 Å². The highest BCUT2D eigenvalue weighted by atomic mass is 32.1. The van der Waals surface area contributed by atoms with E-state index in [0.29, 0.717) is 0 Å². The second kappa shape index (κ2) is 7.39. The molecular formula is C20H25FN4S. The number of thiophene rings is 1. The molecule has 2 aromatic rings. The molecule has 4 nitrogen and oxygen atoms in total. The lowest BCUT2D eigenvalue weighted by Crippen LogP contribution is -2.52. The number of hydrogen-bond donors (Lipinski definition) is 1. The molecule has 2 aliphatic rings. The Hall–Kier alpha value is -1.89. The number of halogens is 1. The molecule has 0 unspecified atom stereocenters. The van der Waals surface area contributed by atoms with Gasteiger partial charge in [0.15, 0.2) is 0 Å². The molecule has 0 amide bonds. The first-order valence-electron chi connectivity index (χ1n) is 9.23. The largest absolute Gasteiger partial charge is 0.379 e. The van der Waals surface area contributed by atoms with Gasteiger partial charge in [0.2, 0.25) is 0 Å². The van der Waals surface area contributed by atoms with Gasteiger partial charge in [0.05, 0.1) is 11.4 Å². The monoisotopic (exact) mass is 372 g/mol. The molecule has 2 aliphatic heterocycles. The van der Waals surface area contributed by atoms with Gasteiger partial charge in [-0.25, -0.2) is 9.40 Å². The minimum atomic E-state index is -0.202. The van der Waals surface area contributed by atoms with Gasteiger partial charge in [-0.3, -0.25) is 9.91 Å². The van der Waals surface area contributed by atoms with Crippen molar-refractivity contribution < 1.29 is 4.39 Å². The molecule has 3 heterocycles. The van der Waals surface area contributed by atoms with E-state index >= 15 is 0 Å². The molecule has 6 heteroatoms. The number of nitrogens with one attached hydrogen (secondary N) is 1. The molecule has 0 atom stereocenters. The van der Waals surface area contributed by atoms with E-state index in [1.165, 1.54) is 15.4 Å². The maximum Gasteiger partial charge on any atom is 0.125 e. The Morgan fingerprint density at radius 2 is 2.04 bits per heavy atom. The Morgan fingerprint density at radius 3 is 2.77 bits per heavy atom. The van der Waals surface area contributed by atoms with Crippen molar-refractivity contribution in [2.45, 2.75) is 19.9 Å². The zero-order valence-electron chi connectivity index (χ0n) is 15.2. The third-order valence-electron chi connectivity index (χ3n) is 5.05. The molecule has 0 saturated carbocycles. The topological polar surface area (TPSA) is 21.8 Å². The van der Waals surface area contributed by atoms with Crippen LogP contribution in [0.4, 0.5) is 20.8 Å². The number of hydrogen-bond acceptors (Lipinski definition) is 5. The molecule has 1 saturated heterocycles. The van der Waals surface area contributed by atoms with Gasteiger partial charge in [-0.2, -0.15) is 0 Å². The number of anilines is 3. The van der Waals surface area contributed by atoms with E-state index in [0.717, 1.165) is 57.1 Å². The second-order valence-electron chi connectivity index (χ2n) is 6.77. The standard InChI is InChI=1S/C20H25FN4S/c1-3-7-23-8-10-24(11-9-23)25-19-6-5-16(21)13-18(19)22-14-15-12-17(4-2)26-20(15)25/h3,5-6,12-13,22H,1,4,7-11,14H2,2H3. The lowest BCUT2D eigenvalue weighted by molar-refractivity contribution is 0.144. The first kappa shape index (κ1) is 17.5. The summed E-state index contributed by atoms with van der Waals surface area (Å²) < 4.78 is 13.8. The van der Waals surface area contributed by atoms with Crippen molar-refractivity contribution in [2.24, 2.45) is 0 Å². The second-order valence-corrected chi connectivity index (χ2v) is 7.88. The molecule has 1 aromatic heterocycles. The van der Waals surface area contributed by atoms with Crippen LogP contribution in [0.5, 0.6) is 0 Å². The van der Waals surface area contributed by atoms with Crippen molar-refractivity contribution in [1.82, 2.24) is 9.91 Å². The highest BCUT2D eigenvalue weighted by molar-refractivity contribution is 7.16. The highest BCUT2D eigenvalue weighted by Gasteiger charge is 2.30. The summed E-state index contributed by atoms with van der Waals surface area (Å²) in [7, 11) is 0. The van der Waals surface area contributed by atoms with Crippen molar-refractivity contribution in [3.63, 3.8) is 0 Å². The van der Waals surface area contributed by atoms with Gasteiger partial charge in [-0.15, -0.1) is 17.9 Å². The van der Waals surface area contributed by atoms with E-state index in [-0.39, 0.29) is 5.82 Å². The molecule has 0 spiro atoms. The Balaban J connectivity index is 1.72. The summed E-state index contributed by atoms with van der Waals surface area (Å²) in [6.07, 6.45) is 3.00. The van der Waals surface area contributed by atoms with E-state index < -0.39 is 0 Å². The van der Waals surface area contributed by atoms with Gasteiger partial charge in [0.25, 0.3) is 0 Å². The van der Waals surface area contributed by atoms with Crippen molar-refractivity contribution in [3.8, 4) is 0 Å². The fourth-order valence-electron chi connectivity index (χ4n) is 3.67. The fraction of sp³-hybridized carbons (Fsp3) is 0.400. The summed E-state index contributed by atoms with van der Waals surface area (Å²) in [6, 6.07) is 7.35. The zero-order chi connectivity index (χ0) is 18.1. The summed E-state index contributed by atoms with van der Waals surface area (Å²) in [5.41, 5.74) is 3.18. The Bertz CT molecular complexity index is 795. The molecule has 0 bridgehead atoms. The Labute approximate surface area is 158 Å². The van der Waals surface area contributed by atoms with E-state index in [2.05, 4.69) is 39.8 Å². The summed E-state index contributed by atoms with van der Waals surface area (Å²) >= 11 is 1.85. The van der Waals surface area contributed by atoms with E-state index in [1.807, 2.05) is 23.5 Å². The lowest BCUT2D eigenvalue weighted by Gasteiger charge is -2.41. The first-order valence-corrected chi connectivity index (χ1v) is 10.0. The Morgan fingerprint density at radius 1 is 1.23 bits per heavy atom. The van der Waals surface area contributed by atoms with Crippen LogP contribution in [-0.4, -0.2) is 42.6 Å². The van der Waals surface area contributed by atoms with Crippen molar-refractivity contribution >= 4 is 27.7 Å². The van der Waals surface area contributed by atoms with Gasteiger partial charge in [0, 0.05) is 49.7 Å². The van der Waals surface area contributed by atoms with Crippen molar-refractivity contribution in [3.05, 3.63) is 53.2 Å². The number of rotatable bonds is 4. The maximum atomic E-state index is 13.8. The third-order valence-corrected chi connectivity index (χ3v) is 6.35. The van der Waals surface area contributed by atoms with Crippen LogP contribution >= 0.6 is 11.3 Å². The predicted molar refractivity (Wildman–Crippen MR) is 108 cm³/mol. The quantitative estimate of drug-likeness (QED) is 0.811. The average molecular weight is 373 g/mol. The van der Waals surface area contributed by atoms with Crippen LogP contribution < -0.4 is 10.3 Å². The number of aryl methyl sites for hydroxylation is 1. The molecule has 0 aliphatic carbocycles. The molecule has 26 heavy (non-hydrogen) atoms. The van der Waals surface area contributed by atoms with E-state index in [9.17, 15) is 4.39 Å². The molecule has 138 valence electrons. The van der Waals surface area contributed by atoms with Crippen molar-refractivity contribution in [1.29, 1.82) is 0 Å². The number of piperazine rings is 1. The third kappa shape index (κ3) is 3.24. The number of benzene rings is 1. The van der Waals surface area contributed by atoms with Crippen LogP contribution in [0.1, 0.15) is 17.4 Å². The highest BCUT2D eigenvalue weighted by Crippen LogP contribution is 2.44. The maximum absolute atomic E-state index is 13.8. The molecule has 4 rings (SSSR count). The molecule has 1 fully saturated rings. The summed E-state index contributed by atoms with van der Waals surface area (Å²) in [4.78, 5) is 3.80. The first-order chi connectivity index (χ1) is 12.7.